The first kappa shape index (κ1) is 12.9. The monoisotopic (exact) mass is 263 g/mol. The Morgan fingerprint density at radius 2 is 1.95 bits per heavy atom. The summed E-state index contributed by atoms with van der Waals surface area (Å²) in [6.45, 7) is 6.23. The van der Waals surface area contributed by atoms with E-state index < -0.39 is 0 Å². The zero-order valence-corrected chi connectivity index (χ0v) is 11.3. The number of rotatable bonds is 3. The van der Waals surface area contributed by atoms with Crippen LogP contribution in [0.3, 0.4) is 0 Å². The highest BCUT2D eigenvalue weighted by Crippen LogP contribution is 2.20. The summed E-state index contributed by atoms with van der Waals surface area (Å²) in [5.41, 5.74) is 0.751. The van der Waals surface area contributed by atoms with Crippen LogP contribution in [0.1, 0.15) is 12.8 Å². The number of benzene rings is 1. The van der Waals surface area contributed by atoms with Gasteiger partial charge >= 0.3 is 0 Å². The van der Waals surface area contributed by atoms with Gasteiger partial charge in [0.1, 0.15) is 5.82 Å². The molecule has 3 rings (SSSR count). The third kappa shape index (κ3) is 3.07. The quantitative estimate of drug-likeness (QED) is 0.895. The van der Waals surface area contributed by atoms with Gasteiger partial charge in [-0.2, -0.15) is 0 Å². The van der Waals surface area contributed by atoms with Gasteiger partial charge in [0.15, 0.2) is 0 Å². The molecule has 1 N–H and O–H groups in total. The fourth-order valence-electron chi connectivity index (χ4n) is 3.10. The van der Waals surface area contributed by atoms with E-state index in [0.717, 1.165) is 38.4 Å². The van der Waals surface area contributed by atoms with E-state index in [9.17, 15) is 4.39 Å². The van der Waals surface area contributed by atoms with Gasteiger partial charge in [-0.3, -0.25) is 4.90 Å². The highest BCUT2D eigenvalue weighted by molar-refractivity contribution is 5.47. The van der Waals surface area contributed by atoms with Crippen molar-refractivity contribution in [1.82, 2.24) is 10.2 Å². The first-order valence-corrected chi connectivity index (χ1v) is 7.28. The molecule has 0 spiro atoms. The van der Waals surface area contributed by atoms with E-state index in [4.69, 9.17) is 0 Å². The maximum atomic E-state index is 13.7. The average molecular weight is 263 g/mol. The van der Waals surface area contributed by atoms with Crippen molar-refractivity contribution in [1.29, 1.82) is 0 Å². The molecule has 2 fully saturated rings. The van der Waals surface area contributed by atoms with Gasteiger partial charge in [0.2, 0.25) is 0 Å². The molecule has 1 aromatic rings. The maximum absolute atomic E-state index is 13.7. The molecule has 2 aliphatic rings. The summed E-state index contributed by atoms with van der Waals surface area (Å²) in [4.78, 5) is 4.66. The summed E-state index contributed by atoms with van der Waals surface area (Å²) < 4.78 is 13.7. The summed E-state index contributed by atoms with van der Waals surface area (Å²) in [5.74, 6) is -0.103. The molecular formula is C15H22FN3. The second kappa shape index (κ2) is 5.88. The van der Waals surface area contributed by atoms with Crippen LogP contribution in [0.15, 0.2) is 24.3 Å². The Balaban J connectivity index is 1.53. The zero-order valence-electron chi connectivity index (χ0n) is 11.3. The number of piperazine rings is 1. The van der Waals surface area contributed by atoms with Gasteiger partial charge in [-0.1, -0.05) is 12.1 Å². The largest absolute Gasteiger partial charge is 0.367 e. The Hall–Kier alpha value is -1.13. The molecule has 0 radical (unpaired) electrons. The minimum atomic E-state index is -0.103. The van der Waals surface area contributed by atoms with Crippen molar-refractivity contribution in [3.63, 3.8) is 0 Å². The summed E-state index contributed by atoms with van der Waals surface area (Å²) in [5, 5.41) is 3.54. The molecular weight excluding hydrogens is 241 g/mol. The van der Waals surface area contributed by atoms with Crippen LogP contribution in [-0.2, 0) is 0 Å². The van der Waals surface area contributed by atoms with E-state index >= 15 is 0 Å². The van der Waals surface area contributed by atoms with Gasteiger partial charge in [0, 0.05) is 38.8 Å². The Kier molecular flexibility index (Phi) is 3.99. The third-order valence-corrected chi connectivity index (χ3v) is 4.21. The number of hydrogen-bond acceptors (Lipinski definition) is 3. The van der Waals surface area contributed by atoms with E-state index in [1.54, 1.807) is 12.1 Å². The normalized spacial score (nSPS) is 24.9. The molecule has 19 heavy (non-hydrogen) atoms. The van der Waals surface area contributed by atoms with Crippen LogP contribution < -0.4 is 10.2 Å². The van der Waals surface area contributed by atoms with Crippen LogP contribution in [0, 0.1) is 5.82 Å². The minimum Gasteiger partial charge on any atom is -0.367 e. The van der Waals surface area contributed by atoms with Crippen LogP contribution in [0.25, 0.3) is 0 Å². The second-order valence-corrected chi connectivity index (χ2v) is 5.53. The van der Waals surface area contributed by atoms with Crippen molar-refractivity contribution in [2.24, 2.45) is 0 Å². The molecule has 4 heteroatoms. The van der Waals surface area contributed by atoms with E-state index in [1.165, 1.54) is 19.4 Å². The molecule has 2 heterocycles. The Bertz CT molecular complexity index is 410. The van der Waals surface area contributed by atoms with Crippen LogP contribution in [0.5, 0.6) is 0 Å². The second-order valence-electron chi connectivity index (χ2n) is 5.53. The molecule has 3 nitrogen and oxygen atoms in total. The van der Waals surface area contributed by atoms with Crippen LogP contribution in [0.2, 0.25) is 0 Å². The lowest BCUT2D eigenvalue weighted by Crippen LogP contribution is -2.50. The highest BCUT2D eigenvalue weighted by Gasteiger charge is 2.22. The van der Waals surface area contributed by atoms with E-state index in [-0.39, 0.29) is 5.82 Å². The molecule has 1 aromatic carbocycles. The van der Waals surface area contributed by atoms with Crippen molar-refractivity contribution in [3.05, 3.63) is 30.1 Å². The number of nitrogens with zero attached hydrogens (tertiary/aromatic N) is 2. The number of halogens is 1. The van der Waals surface area contributed by atoms with Gasteiger partial charge in [-0.25, -0.2) is 4.39 Å². The standard InChI is InChI=1S/C15H22FN3/c16-14-5-1-2-6-15(14)19-10-8-18(9-11-19)12-13-4-3-7-17-13/h1-2,5-6,13,17H,3-4,7-12H2/t13-/m0/s1. The van der Waals surface area contributed by atoms with E-state index in [0.29, 0.717) is 6.04 Å². The fraction of sp³-hybridized carbons (Fsp3) is 0.600. The van der Waals surface area contributed by atoms with Crippen LogP contribution >= 0.6 is 0 Å². The predicted molar refractivity (Wildman–Crippen MR) is 76.1 cm³/mol. The predicted octanol–water partition coefficient (Wildman–Crippen LogP) is 1.70. The van der Waals surface area contributed by atoms with Gasteiger partial charge in [-0.05, 0) is 31.5 Å². The molecule has 104 valence electrons. The number of para-hydroxylation sites is 1. The number of hydrogen-bond donors (Lipinski definition) is 1. The van der Waals surface area contributed by atoms with Crippen molar-refractivity contribution < 1.29 is 4.39 Å². The van der Waals surface area contributed by atoms with Gasteiger partial charge in [0.25, 0.3) is 0 Å². The van der Waals surface area contributed by atoms with Gasteiger partial charge in [-0.15, -0.1) is 0 Å². The topological polar surface area (TPSA) is 18.5 Å². The molecule has 0 unspecified atom stereocenters. The van der Waals surface area contributed by atoms with Gasteiger partial charge in [0.05, 0.1) is 5.69 Å². The van der Waals surface area contributed by atoms with Crippen molar-refractivity contribution in [2.75, 3.05) is 44.2 Å². The molecule has 0 aromatic heterocycles. The molecule has 0 bridgehead atoms. The van der Waals surface area contributed by atoms with Crippen molar-refractivity contribution in [2.45, 2.75) is 18.9 Å². The van der Waals surface area contributed by atoms with Crippen LogP contribution in [0.4, 0.5) is 10.1 Å². The van der Waals surface area contributed by atoms with E-state index in [2.05, 4.69) is 15.1 Å². The molecule has 2 aliphatic heterocycles. The highest BCUT2D eigenvalue weighted by atomic mass is 19.1. The minimum absolute atomic E-state index is 0.103. The summed E-state index contributed by atoms with van der Waals surface area (Å²) in [6.07, 6.45) is 2.60. The lowest BCUT2D eigenvalue weighted by molar-refractivity contribution is 0.235. The molecule has 2 saturated heterocycles. The number of anilines is 1. The lowest BCUT2D eigenvalue weighted by Gasteiger charge is -2.37. The Morgan fingerprint density at radius 1 is 1.16 bits per heavy atom. The molecule has 1 atom stereocenters. The maximum Gasteiger partial charge on any atom is 0.146 e. The van der Waals surface area contributed by atoms with E-state index in [1.807, 2.05) is 12.1 Å². The number of nitrogens with one attached hydrogen (secondary N) is 1. The summed E-state index contributed by atoms with van der Waals surface area (Å²) in [7, 11) is 0. The first-order valence-electron chi connectivity index (χ1n) is 7.28. The fourth-order valence-corrected chi connectivity index (χ4v) is 3.10. The Morgan fingerprint density at radius 3 is 2.63 bits per heavy atom. The smallest absolute Gasteiger partial charge is 0.146 e. The Labute approximate surface area is 114 Å². The lowest BCUT2D eigenvalue weighted by atomic mass is 10.2. The zero-order chi connectivity index (χ0) is 13.1. The first-order chi connectivity index (χ1) is 9.33. The average Bonchev–Trinajstić information content (AvgIpc) is 2.93. The van der Waals surface area contributed by atoms with Crippen molar-refractivity contribution in [3.8, 4) is 0 Å². The van der Waals surface area contributed by atoms with Gasteiger partial charge < -0.3 is 10.2 Å². The molecule has 0 saturated carbocycles. The van der Waals surface area contributed by atoms with Crippen LogP contribution in [-0.4, -0.2) is 50.2 Å². The molecule has 0 aliphatic carbocycles. The molecule has 0 amide bonds. The third-order valence-electron chi connectivity index (χ3n) is 4.21. The SMILES string of the molecule is Fc1ccccc1N1CCN(C[C@@H]2CCCN2)CC1. The summed E-state index contributed by atoms with van der Waals surface area (Å²) in [6, 6.07) is 7.75. The van der Waals surface area contributed by atoms with Crippen molar-refractivity contribution >= 4 is 5.69 Å². The summed E-state index contributed by atoms with van der Waals surface area (Å²) >= 11 is 0.